The van der Waals surface area contributed by atoms with Gasteiger partial charge in [0.1, 0.15) is 12.1 Å². The average Bonchev–Trinajstić information content (AvgIpc) is 2.28. The van der Waals surface area contributed by atoms with E-state index in [1.165, 1.54) is 18.3 Å². The lowest BCUT2D eigenvalue weighted by Gasteiger charge is -2.24. The molecule has 1 heterocycles. The Hall–Kier alpha value is -1.17. The molecule has 4 nitrogen and oxygen atoms in total. The van der Waals surface area contributed by atoms with Crippen molar-refractivity contribution >= 4 is 17.4 Å². The summed E-state index contributed by atoms with van der Waals surface area (Å²) >= 11 is 5.59. The largest absolute Gasteiger partial charge is 0.481 e. The number of hydrogen-bond acceptors (Lipinski definition) is 4. The third-order valence-electron chi connectivity index (χ3n) is 2.22. The average molecular weight is 266 g/mol. The van der Waals surface area contributed by atoms with Crippen LogP contribution in [-0.2, 0) is 0 Å². The van der Waals surface area contributed by atoms with Gasteiger partial charge in [0.15, 0.2) is 0 Å². The minimum atomic E-state index is -2.45. The molecule has 0 N–H and O–H groups in total. The molecule has 1 aromatic rings. The number of halogens is 3. The van der Waals surface area contributed by atoms with E-state index < -0.39 is 13.0 Å². The SMILES string of the molecule is COc1ncnc(N(CCCl)CC(F)F)c1C. The van der Waals surface area contributed by atoms with E-state index in [0.29, 0.717) is 23.8 Å². The number of alkyl halides is 3. The zero-order valence-corrected chi connectivity index (χ0v) is 10.4. The quantitative estimate of drug-likeness (QED) is 0.739. The zero-order valence-electron chi connectivity index (χ0n) is 9.66. The van der Waals surface area contributed by atoms with E-state index in [9.17, 15) is 8.78 Å². The van der Waals surface area contributed by atoms with E-state index in [2.05, 4.69) is 9.97 Å². The van der Waals surface area contributed by atoms with E-state index in [1.54, 1.807) is 6.92 Å². The fourth-order valence-corrected chi connectivity index (χ4v) is 1.71. The highest BCUT2D eigenvalue weighted by molar-refractivity contribution is 6.18. The summed E-state index contributed by atoms with van der Waals surface area (Å²) < 4.78 is 29.9. The molecule has 0 aliphatic carbocycles. The number of ether oxygens (including phenoxy) is 1. The molecule has 1 rings (SSSR count). The molecule has 0 saturated heterocycles. The Morgan fingerprint density at radius 2 is 2.18 bits per heavy atom. The molecule has 0 saturated carbocycles. The third-order valence-corrected chi connectivity index (χ3v) is 2.39. The summed E-state index contributed by atoms with van der Waals surface area (Å²) in [6.45, 7) is 1.61. The molecular formula is C10H14ClF2N3O. The predicted molar refractivity (Wildman–Crippen MR) is 62.3 cm³/mol. The molecule has 0 aliphatic rings. The first-order valence-electron chi connectivity index (χ1n) is 5.04. The molecule has 7 heteroatoms. The normalized spacial score (nSPS) is 10.7. The number of aromatic nitrogens is 2. The number of methoxy groups -OCH3 is 1. The highest BCUT2D eigenvalue weighted by atomic mass is 35.5. The van der Waals surface area contributed by atoms with Crippen LogP contribution in [0.15, 0.2) is 6.33 Å². The smallest absolute Gasteiger partial charge is 0.255 e. The minimum absolute atomic E-state index is 0.248. The summed E-state index contributed by atoms with van der Waals surface area (Å²) in [5, 5.41) is 0. The molecule has 96 valence electrons. The van der Waals surface area contributed by atoms with Crippen LogP contribution in [0.2, 0.25) is 0 Å². The van der Waals surface area contributed by atoms with E-state index >= 15 is 0 Å². The van der Waals surface area contributed by atoms with Crippen LogP contribution in [0.4, 0.5) is 14.6 Å². The van der Waals surface area contributed by atoms with Gasteiger partial charge in [-0.25, -0.2) is 18.7 Å². The summed E-state index contributed by atoms with van der Waals surface area (Å²) in [6, 6.07) is 0. The molecule has 17 heavy (non-hydrogen) atoms. The maximum Gasteiger partial charge on any atom is 0.255 e. The van der Waals surface area contributed by atoms with Gasteiger partial charge in [-0.05, 0) is 6.92 Å². The first-order valence-corrected chi connectivity index (χ1v) is 5.58. The second-order valence-corrected chi connectivity index (χ2v) is 3.74. The van der Waals surface area contributed by atoms with E-state index in [0.717, 1.165) is 0 Å². The lowest BCUT2D eigenvalue weighted by Crippen LogP contribution is -2.32. The first-order chi connectivity index (χ1) is 8.10. The first kappa shape index (κ1) is 13.9. The molecule has 1 aromatic heterocycles. The molecule has 0 amide bonds. The van der Waals surface area contributed by atoms with E-state index in [1.807, 2.05) is 0 Å². The van der Waals surface area contributed by atoms with Crippen LogP contribution in [0.25, 0.3) is 0 Å². The molecule has 0 fully saturated rings. The Morgan fingerprint density at radius 3 is 2.71 bits per heavy atom. The highest BCUT2D eigenvalue weighted by Gasteiger charge is 2.17. The van der Waals surface area contributed by atoms with Crippen molar-refractivity contribution in [2.45, 2.75) is 13.3 Å². The predicted octanol–water partition coefficient (Wildman–Crippen LogP) is 2.10. The molecule has 0 radical (unpaired) electrons. The Kier molecular flexibility index (Phi) is 5.34. The fraction of sp³-hybridized carbons (Fsp3) is 0.600. The van der Waals surface area contributed by atoms with Gasteiger partial charge in [0.05, 0.1) is 19.2 Å². The summed E-state index contributed by atoms with van der Waals surface area (Å²) in [5.41, 5.74) is 0.626. The topological polar surface area (TPSA) is 38.3 Å². The van der Waals surface area contributed by atoms with Gasteiger partial charge >= 0.3 is 0 Å². The molecular weight excluding hydrogens is 252 g/mol. The standard InChI is InChI=1S/C10H14ClF2N3O/c1-7-9(14-6-15-10(7)17-2)16(4-3-11)5-8(12)13/h6,8H,3-5H2,1-2H3. The third kappa shape index (κ3) is 3.66. The van der Waals surface area contributed by atoms with Crippen LogP contribution < -0.4 is 9.64 Å². The molecule has 0 atom stereocenters. The number of hydrogen-bond donors (Lipinski definition) is 0. The van der Waals surface area contributed by atoms with Crippen molar-refractivity contribution < 1.29 is 13.5 Å². The summed E-state index contributed by atoms with van der Waals surface area (Å²) in [5.74, 6) is 1.06. The maximum absolute atomic E-state index is 12.4. The van der Waals surface area contributed by atoms with Crippen LogP contribution in [-0.4, -0.2) is 42.5 Å². The molecule has 0 unspecified atom stereocenters. The second-order valence-electron chi connectivity index (χ2n) is 3.36. The van der Waals surface area contributed by atoms with E-state index in [-0.39, 0.29) is 5.88 Å². The fourth-order valence-electron chi connectivity index (χ4n) is 1.50. The van der Waals surface area contributed by atoms with Crippen molar-refractivity contribution in [1.29, 1.82) is 0 Å². The van der Waals surface area contributed by atoms with Gasteiger partial charge in [-0.2, -0.15) is 0 Å². The van der Waals surface area contributed by atoms with Gasteiger partial charge in [0.25, 0.3) is 6.43 Å². The Morgan fingerprint density at radius 1 is 1.47 bits per heavy atom. The minimum Gasteiger partial charge on any atom is -0.481 e. The van der Waals surface area contributed by atoms with Crippen LogP contribution in [0.3, 0.4) is 0 Å². The van der Waals surface area contributed by atoms with Gasteiger partial charge < -0.3 is 9.64 Å². The summed E-state index contributed by atoms with van der Waals surface area (Å²) in [7, 11) is 1.47. The Bertz CT molecular complexity index is 365. The molecule has 0 aromatic carbocycles. The van der Waals surface area contributed by atoms with Crippen molar-refractivity contribution in [3.05, 3.63) is 11.9 Å². The lowest BCUT2D eigenvalue weighted by atomic mass is 10.3. The Labute approximate surface area is 104 Å². The van der Waals surface area contributed by atoms with Crippen LogP contribution in [0, 0.1) is 6.92 Å². The van der Waals surface area contributed by atoms with Crippen molar-refractivity contribution in [2.75, 3.05) is 31.0 Å². The summed E-state index contributed by atoms with van der Waals surface area (Å²) in [4.78, 5) is 9.33. The van der Waals surface area contributed by atoms with Gasteiger partial charge in [0.2, 0.25) is 5.88 Å². The second kappa shape index (κ2) is 6.54. The monoisotopic (exact) mass is 265 g/mol. The van der Waals surface area contributed by atoms with Crippen LogP contribution >= 0.6 is 11.6 Å². The van der Waals surface area contributed by atoms with Crippen molar-refractivity contribution in [3.63, 3.8) is 0 Å². The van der Waals surface area contributed by atoms with E-state index in [4.69, 9.17) is 16.3 Å². The zero-order chi connectivity index (χ0) is 12.8. The molecule has 0 bridgehead atoms. The van der Waals surface area contributed by atoms with Gasteiger partial charge in [-0.1, -0.05) is 0 Å². The van der Waals surface area contributed by atoms with Crippen LogP contribution in [0.5, 0.6) is 5.88 Å². The number of anilines is 1. The maximum atomic E-state index is 12.4. The Balaban J connectivity index is 3.00. The van der Waals surface area contributed by atoms with Gasteiger partial charge in [-0.15, -0.1) is 11.6 Å². The van der Waals surface area contributed by atoms with Crippen molar-refractivity contribution in [1.82, 2.24) is 9.97 Å². The molecule has 0 aliphatic heterocycles. The van der Waals surface area contributed by atoms with Crippen LogP contribution in [0.1, 0.15) is 5.56 Å². The van der Waals surface area contributed by atoms with Crippen molar-refractivity contribution in [3.8, 4) is 5.88 Å². The lowest BCUT2D eigenvalue weighted by molar-refractivity contribution is 0.155. The van der Waals surface area contributed by atoms with Gasteiger partial charge in [0, 0.05) is 12.4 Å². The van der Waals surface area contributed by atoms with Gasteiger partial charge in [-0.3, -0.25) is 0 Å². The number of rotatable bonds is 6. The van der Waals surface area contributed by atoms with Crippen molar-refractivity contribution in [2.24, 2.45) is 0 Å². The highest BCUT2D eigenvalue weighted by Crippen LogP contribution is 2.24. The molecule has 0 spiro atoms. The summed E-state index contributed by atoms with van der Waals surface area (Å²) in [6.07, 6.45) is -1.16. The number of nitrogens with zero attached hydrogens (tertiary/aromatic N) is 3.